The number of aryl methyl sites for hydroxylation is 1. The van der Waals surface area contributed by atoms with Crippen molar-refractivity contribution in [3.05, 3.63) is 66.0 Å². The van der Waals surface area contributed by atoms with Crippen LogP contribution in [0.4, 0.5) is 5.69 Å². The van der Waals surface area contributed by atoms with Gasteiger partial charge in [-0.05, 0) is 41.7 Å². The van der Waals surface area contributed by atoms with Crippen molar-refractivity contribution >= 4 is 27.5 Å². The number of carbonyl (C=O) groups is 1. The molecule has 0 bridgehead atoms. The van der Waals surface area contributed by atoms with Crippen molar-refractivity contribution in [3.8, 4) is 11.8 Å². The maximum Gasteiger partial charge on any atom is 0.441 e. The highest BCUT2D eigenvalue weighted by Crippen LogP contribution is 2.30. The van der Waals surface area contributed by atoms with Gasteiger partial charge in [-0.3, -0.25) is 4.79 Å². The molecule has 1 aliphatic heterocycles. The second-order valence-corrected chi connectivity index (χ2v) is 10.3. The molecular formula is C23H29N8O6S+. The Kier molecular flexibility index (Phi) is 8.88. The van der Waals surface area contributed by atoms with Crippen molar-refractivity contribution in [1.82, 2.24) is 25.4 Å². The lowest BCUT2D eigenvalue weighted by Crippen LogP contribution is -2.54. The van der Waals surface area contributed by atoms with E-state index in [2.05, 4.69) is 35.1 Å². The number of nitrogens with zero attached hydrogens (tertiary/aromatic N) is 6. The second-order valence-electron chi connectivity index (χ2n) is 7.92. The number of rotatable bonds is 9. The molecule has 202 valence electrons. The lowest BCUT2D eigenvalue weighted by atomic mass is 10.2. The minimum Gasteiger partial charge on any atom is -0.481 e. The van der Waals surface area contributed by atoms with Gasteiger partial charge in [-0.25, -0.2) is 25.3 Å². The normalized spacial score (nSPS) is 17.7. The standard InChI is InChI=1S/C23H26N8O5S.H2O/c1-14-12-25-20(26-13-14)19(35-4)15(2)37(33)30-23(28-17-9-7-11-24-22(17)36-5)31(37)29-21(32)16-8-6-10-18(27-16)34-3;/h6-13,15,19H,1-5H3,(H,29,32);1H2/p+1/t15-,19-,37?;/m0./s1. The maximum atomic E-state index is 14.2. The van der Waals surface area contributed by atoms with Crippen molar-refractivity contribution in [2.45, 2.75) is 25.2 Å². The fourth-order valence-electron chi connectivity index (χ4n) is 3.53. The molecule has 0 aliphatic carbocycles. The summed E-state index contributed by atoms with van der Waals surface area (Å²) in [5, 5.41) is 2.26. The number of hydrogen-bond donors (Lipinski definition) is 2. The molecule has 1 amide bonds. The van der Waals surface area contributed by atoms with Gasteiger partial charge in [-0.2, -0.15) is 9.63 Å². The molecule has 4 rings (SSSR count). The molecule has 38 heavy (non-hydrogen) atoms. The zero-order chi connectivity index (χ0) is 26.6. The quantitative estimate of drug-likeness (QED) is 0.369. The lowest BCUT2D eigenvalue weighted by Gasteiger charge is -2.26. The Morgan fingerprint density at radius 3 is 2.45 bits per heavy atom. The van der Waals surface area contributed by atoms with Crippen LogP contribution in [0.3, 0.4) is 0 Å². The van der Waals surface area contributed by atoms with Gasteiger partial charge in [0.2, 0.25) is 5.88 Å². The molecular weight excluding hydrogens is 516 g/mol. The van der Waals surface area contributed by atoms with Crippen molar-refractivity contribution in [1.29, 1.82) is 0 Å². The van der Waals surface area contributed by atoms with E-state index in [0.29, 0.717) is 17.4 Å². The number of ether oxygens (including phenoxy) is 3. The zero-order valence-electron chi connectivity index (χ0n) is 21.4. The van der Waals surface area contributed by atoms with E-state index in [1.54, 1.807) is 49.8 Å². The van der Waals surface area contributed by atoms with Gasteiger partial charge in [-0.1, -0.05) is 6.07 Å². The van der Waals surface area contributed by atoms with E-state index in [-0.39, 0.29) is 23.0 Å². The van der Waals surface area contributed by atoms with E-state index in [1.807, 2.05) is 6.92 Å². The van der Waals surface area contributed by atoms with Gasteiger partial charge in [0.15, 0.2) is 11.5 Å². The lowest BCUT2D eigenvalue weighted by molar-refractivity contribution is -0.445. The number of methoxy groups -OCH3 is 3. The molecule has 3 aromatic rings. The summed E-state index contributed by atoms with van der Waals surface area (Å²) in [6.45, 7) is 3.55. The van der Waals surface area contributed by atoms with Crippen LogP contribution in [0.2, 0.25) is 0 Å². The van der Waals surface area contributed by atoms with Crippen molar-refractivity contribution in [3.63, 3.8) is 0 Å². The van der Waals surface area contributed by atoms with Gasteiger partial charge in [0.25, 0.3) is 21.7 Å². The van der Waals surface area contributed by atoms with Crippen LogP contribution in [0.5, 0.6) is 11.8 Å². The number of anilines is 1. The summed E-state index contributed by atoms with van der Waals surface area (Å²) in [5.41, 5.74) is 4.04. The van der Waals surface area contributed by atoms with Crippen LogP contribution in [-0.2, 0) is 14.7 Å². The number of aromatic nitrogens is 4. The number of nitrogens with one attached hydrogen (secondary N) is 2. The zero-order valence-corrected chi connectivity index (χ0v) is 22.2. The first kappa shape index (κ1) is 28.4. The molecule has 4 heterocycles. The monoisotopic (exact) mass is 545 g/mol. The van der Waals surface area contributed by atoms with Crippen molar-refractivity contribution in [2.75, 3.05) is 26.6 Å². The smallest absolute Gasteiger partial charge is 0.441 e. The molecule has 0 saturated heterocycles. The van der Waals surface area contributed by atoms with Gasteiger partial charge in [-0.15, -0.1) is 0 Å². The predicted octanol–water partition coefficient (Wildman–Crippen LogP) is 1.07. The molecule has 3 atom stereocenters. The Labute approximate surface area is 219 Å². The molecule has 1 aliphatic rings. The van der Waals surface area contributed by atoms with Gasteiger partial charge in [0.1, 0.15) is 17.0 Å². The highest BCUT2D eigenvalue weighted by Gasteiger charge is 2.48. The van der Waals surface area contributed by atoms with E-state index in [1.165, 1.54) is 31.5 Å². The summed E-state index contributed by atoms with van der Waals surface area (Å²) in [4.78, 5) is 30.1. The molecule has 14 nitrogen and oxygen atoms in total. The van der Waals surface area contributed by atoms with E-state index in [0.717, 1.165) is 5.56 Å². The fourth-order valence-corrected chi connectivity index (χ4v) is 5.47. The third kappa shape index (κ3) is 5.53. The molecule has 0 spiro atoms. The molecule has 0 radical (unpaired) electrons. The number of carbonyl (C=O) groups excluding carboxylic acids is 1. The third-order valence-electron chi connectivity index (χ3n) is 5.47. The van der Waals surface area contributed by atoms with Gasteiger partial charge in [0, 0.05) is 36.2 Å². The number of guanidine groups is 1. The Hall–Kier alpha value is -4.21. The van der Waals surface area contributed by atoms with Gasteiger partial charge >= 0.3 is 5.96 Å². The average molecular weight is 546 g/mol. The highest BCUT2D eigenvalue weighted by atomic mass is 32.2. The number of hydrazine groups is 1. The third-order valence-corrected chi connectivity index (χ3v) is 7.91. The molecule has 3 aromatic heterocycles. The van der Waals surface area contributed by atoms with Gasteiger partial charge < -0.3 is 19.7 Å². The Morgan fingerprint density at radius 2 is 1.79 bits per heavy atom. The van der Waals surface area contributed by atoms with Crippen molar-refractivity contribution in [2.24, 2.45) is 4.40 Å². The number of hydrogen-bond acceptors (Lipinski definition) is 10. The van der Waals surface area contributed by atoms with Crippen LogP contribution < -0.4 is 20.2 Å². The van der Waals surface area contributed by atoms with Crippen LogP contribution in [0, 0.1) is 6.92 Å². The first-order valence-corrected chi connectivity index (χ1v) is 12.7. The second kappa shape index (κ2) is 11.9. The van der Waals surface area contributed by atoms with Crippen LogP contribution in [0.1, 0.15) is 34.9 Å². The SMILES string of the molecule is COc1cccc(C(=O)N[N+]2=S(=O)([C@@H](C)[C@H](OC)c3ncc(C)cn3)N=C2Nc2cccnc2OC)n1.O. The first-order chi connectivity index (χ1) is 17.8. The topological polar surface area (TPSA) is 184 Å². The van der Waals surface area contributed by atoms with Gasteiger partial charge in [0.05, 0.1) is 14.2 Å². The summed E-state index contributed by atoms with van der Waals surface area (Å²) in [7, 11) is 1.11. The van der Waals surface area contributed by atoms with Crippen LogP contribution >= 0.6 is 0 Å². The minimum atomic E-state index is -3.28. The molecule has 1 unspecified atom stereocenters. The Balaban J connectivity index is 0.00000400. The summed E-state index contributed by atoms with van der Waals surface area (Å²) >= 11 is 0. The van der Waals surface area contributed by atoms with Crippen LogP contribution in [0.15, 0.2) is 53.3 Å². The maximum absolute atomic E-state index is 14.2. The first-order valence-electron chi connectivity index (χ1n) is 11.1. The van der Waals surface area contributed by atoms with Crippen molar-refractivity contribution < 1.29 is 32.7 Å². The summed E-state index contributed by atoms with van der Waals surface area (Å²) in [6.07, 6.45) is 4.08. The summed E-state index contributed by atoms with van der Waals surface area (Å²) in [5.74, 6) is 0.383. The largest absolute Gasteiger partial charge is 0.481 e. The Morgan fingerprint density at radius 1 is 1.05 bits per heavy atom. The van der Waals surface area contributed by atoms with Crippen LogP contribution in [0.25, 0.3) is 0 Å². The average Bonchev–Trinajstić information content (AvgIpc) is 2.92. The molecule has 0 fully saturated rings. The number of pyridine rings is 2. The molecule has 4 N–H and O–H groups in total. The van der Waals surface area contributed by atoms with E-state index in [4.69, 9.17) is 14.2 Å². The Bertz CT molecular complexity index is 1460. The minimum absolute atomic E-state index is 0. The van der Waals surface area contributed by atoms with Crippen LogP contribution in [-0.4, -0.2) is 72.1 Å². The molecule has 15 heteroatoms. The molecule has 0 saturated carbocycles. The highest BCUT2D eigenvalue weighted by molar-refractivity contribution is 7.91. The van der Waals surface area contributed by atoms with E-state index in [9.17, 15) is 9.00 Å². The molecule has 0 aromatic carbocycles. The predicted molar refractivity (Wildman–Crippen MR) is 138 cm³/mol. The number of amides is 1. The van der Waals surface area contributed by atoms with E-state index < -0.39 is 27.2 Å². The summed E-state index contributed by atoms with van der Waals surface area (Å²) < 4.78 is 35.8. The fraction of sp³-hybridized carbons (Fsp3) is 0.304. The van der Waals surface area contributed by atoms with E-state index >= 15 is 0 Å². The summed E-state index contributed by atoms with van der Waals surface area (Å²) in [6, 6.07) is 8.15.